The summed E-state index contributed by atoms with van der Waals surface area (Å²) in [5.41, 5.74) is 7.65. The molecular weight excluding hydrogens is 247 g/mol. The highest BCUT2D eigenvalue weighted by Crippen LogP contribution is 2.29. The molecule has 2 aromatic heterocycles. The molecule has 0 aliphatic heterocycles. The van der Waals surface area contributed by atoms with E-state index in [4.69, 9.17) is 10.3 Å². The Morgan fingerprint density at radius 1 is 1.37 bits per heavy atom. The van der Waals surface area contributed by atoms with E-state index < -0.39 is 5.82 Å². The average molecular weight is 258 g/mol. The SMILES string of the molecule is Nc1cc(F)c(NCc2ccon2)c2ncccc12. The third kappa shape index (κ3) is 2.08. The fourth-order valence-electron chi connectivity index (χ4n) is 1.91. The Bertz CT molecular complexity index is 712. The Hall–Kier alpha value is -2.63. The Kier molecular flexibility index (Phi) is 2.75. The van der Waals surface area contributed by atoms with Gasteiger partial charge in [-0.05, 0) is 18.2 Å². The molecule has 19 heavy (non-hydrogen) atoms. The number of benzene rings is 1. The predicted molar refractivity (Wildman–Crippen MR) is 69.9 cm³/mol. The van der Waals surface area contributed by atoms with Gasteiger partial charge in [-0.2, -0.15) is 0 Å². The molecule has 0 bridgehead atoms. The van der Waals surface area contributed by atoms with Crippen molar-refractivity contribution in [3.8, 4) is 0 Å². The molecule has 0 fully saturated rings. The number of nitrogens with one attached hydrogen (secondary N) is 1. The van der Waals surface area contributed by atoms with Crippen molar-refractivity contribution in [1.29, 1.82) is 0 Å². The third-order valence-electron chi connectivity index (χ3n) is 2.81. The van der Waals surface area contributed by atoms with Gasteiger partial charge >= 0.3 is 0 Å². The zero-order valence-corrected chi connectivity index (χ0v) is 9.93. The summed E-state index contributed by atoms with van der Waals surface area (Å²) in [5.74, 6) is -0.438. The van der Waals surface area contributed by atoms with Gasteiger partial charge in [0.25, 0.3) is 0 Å². The monoisotopic (exact) mass is 258 g/mol. The van der Waals surface area contributed by atoms with Gasteiger partial charge in [-0.1, -0.05) is 5.16 Å². The van der Waals surface area contributed by atoms with E-state index in [0.717, 1.165) is 0 Å². The molecule has 3 aromatic rings. The number of nitrogen functional groups attached to an aromatic ring is 1. The van der Waals surface area contributed by atoms with Crippen LogP contribution in [0.25, 0.3) is 10.9 Å². The highest BCUT2D eigenvalue weighted by atomic mass is 19.1. The number of hydrogen-bond acceptors (Lipinski definition) is 5. The minimum absolute atomic E-state index is 0.313. The van der Waals surface area contributed by atoms with Crippen molar-refractivity contribution in [2.24, 2.45) is 0 Å². The van der Waals surface area contributed by atoms with Crippen LogP contribution in [0.2, 0.25) is 0 Å². The molecule has 0 radical (unpaired) electrons. The highest BCUT2D eigenvalue weighted by Gasteiger charge is 2.11. The third-order valence-corrected chi connectivity index (χ3v) is 2.81. The standard InChI is InChI=1S/C13H11FN4O/c14-10-6-11(15)9-2-1-4-16-12(9)13(10)17-7-8-3-5-19-18-8/h1-6,17H,7,15H2. The Morgan fingerprint density at radius 3 is 3.05 bits per heavy atom. The van der Waals surface area contributed by atoms with E-state index in [9.17, 15) is 4.39 Å². The van der Waals surface area contributed by atoms with Crippen LogP contribution >= 0.6 is 0 Å². The summed E-state index contributed by atoms with van der Waals surface area (Å²) < 4.78 is 18.7. The first-order valence-corrected chi connectivity index (χ1v) is 5.71. The second-order valence-corrected chi connectivity index (χ2v) is 4.07. The molecule has 0 spiro atoms. The molecule has 6 heteroatoms. The summed E-state index contributed by atoms with van der Waals surface area (Å²) in [6, 6.07) is 6.56. The lowest BCUT2D eigenvalue weighted by Gasteiger charge is -2.10. The zero-order valence-electron chi connectivity index (χ0n) is 9.93. The zero-order chi connectivity index (χ0) is 13.2. The van der Waals surface area contributed by atoms with Crippen molar-refractivity contribution < 1.29 is 8.91 Å². The van der Waals surface area contributed by atoms with Crippen LogP contribution < -0.4 is 11.1 Å². The van der Waals surface area contributed by atoms with Crippen LogP contribution in [0, 0.1) is 5.82 Å². The van der Waals surface area contributed by atoms with E-state index in [-0.39, 0.29) is 0 Å². The van der Waals surface area contributed by atoms with Crippen molar-refractivity contribution in [2.75, 3.05) is 11.1 Å². The van der Waals surface area contributed by atoms with Gasteiger partial charge in [-0.25, -0.2) is 4.39 Å². The second-order valence-electron chi connectivity index (χ2n) is 4.07. The van der Waals surface area contributed by atoms with Crippen LogP contribution in [-0.2, 0) is 6.54 Å². The smallest absolute Gasteiger partial charge is 0.150 e. The van der Waals surface area contributed by atoms with Gasteiger partial charge in [-0.15, -0.1) is 0 Å². The topological polar surface area (TPSA) is 77.0 Å². The van der Waals surface area contributed by atoms with E-state index in [2.05, 4.69) is 15.5 Å². The molecule has 3 N–H and O–H groups in total. The number of fused-ring (bicyclic) bond motifs is 1. The molecule has 0 unspecified atom stereocenters. The van der Waals surface area contributed by atoms with E-state index in [1.54, 1.807) is 24.4 Å². The number of hydrogen-bond donors (Lipinski definition) is 2. The maximum absolute atomic E-state index is 14.0. The summed E-state index contributed by atoms with van der Waals surface area (Å²) >= 11 is 0. The summed E-state index contributed by atoms with van der Waals surface area (Å²) in [5, 5.41) is 7.44. The first kappa shape index (κ1) is 11.5. The fraction of sp³-hybridized carbons (Fsp3) is 0.0769. The largest absolute Gasteiger partial charge is 0.398 e. The van der Waals surface area contributed by atoms with Crippen molar-refractivity contribution >= 4 is 22.3 Å². The van der Waals surface area contributed by atoms with Crippen LogP contribution in [0.4, 0.5) is 15.8 Å². The van der Waals surface area contributed by atoms with Gasteiger partial charge in [0.2, 0.25) is 0 Å². The quantitative estimate of drug-likeness (QED) is 0.706. The summed E-state index contributed by atoms with van der Waals surface area (Å²) in [7, 11) is 0. The van der Waals surface area contributed by atoms with Crippen LogP contribution in [-0.4, -0.2) is 10.1 Å². The normalized spacial score (nSPS) is 10.8. The number of halogens is 1. The molecule has 2 heterocycles. The molecule has 5 nitrogen and oxygen atoms in total. The maximum Gasteiger partial charge on any atom is 0.150 e. The number of nitrogens with zero attached hydrogens (tertiary/aromatic N) is 2. The molecule has 0 atom stereocenters. The van der Waals surface area contributed by atoms with Gasteiger partial charge in [0.1, 0.15) is 12.0 Å². The molecule has 3 rings (SSSR count). The Labute approximate surface area is 108 Å². The average Bonchev–Trinajstić information content (AvgIpc) is 2.92. The van der Waals surface area contributed by atoms with Gasteiger partial charge in [-0.3, -0.25) is 4.98 Å². The Morgan fingerprint density at radius 2 is 2.26 bits per heavy atom. The highest BCUT2D eigenvalue weighted by molar-refractivity contribution is 5.98. The number of anilines is 2. The van der Waals surface area contributed by atoms with E-state index >= 15 is 0 Å². The molecule has 0 saturated heterocycles. The summed E-state index contributed by atoms with van der Waals surface area (Å²) in [4.78, 5) is 4.18. The van der Waals surface area contributed by atoms with Gasteiger partial charge in [0.05, 0.1) is 17.7 Å². The molecular formula is C13H11FN4O. The summed E-state index contributed by atoms with van der Waals surface area (Å²) in [6.07, 6.45) is 3.06. The number of nitrogens with two attached hydrogens (primary N) is 1. The number of aromatic nitrogens is 2. The molecule has 0 aliphatic carbocycles. The lowest BCUT2D eigenvalue weighted by molar-refractivity contribution is 0.412. The maximum atomic E-state index is 14.0. The first-order chi connectivity index (χ1) is 9.25. The summed E-state index contributed by atoms with van der Waals surface area (Å²) in [6.45, 7) is 0.350. The molecule has 0 saturated carbocycles. The molecule has 1 aromatic carbocycles. The van der Waals surface area contributed by atoms with Crippen molar-refractivity contribution in [3.63, 3.8) is 0 Å². The lowest BCUT2D eigenvalue weighted by Crippen LogP contribution is -2.04. The minimum Gasteiger partial charge on any atom is -0.398 e. The van der Waals surface area contributed by atoms with Crippen molar-refractivity contribution in [2.45, 2.75) is 6.54 Å². The van der Waals surface area contributed by atoms with Gasteiger partial charge in [0, 0.05) is 23.3 Å². The van der Waals surface area contributed by atoms with E-state index in [1.807, 2.05) is 0 Å². The van der Waals surface area contributed by atoms with Crippen molar-refractivity contribution in [3.05, 3.63) is 48.2 Å². The van der Waals surface area contributed by atoms with E-state index in [1.165, 1.54) is 12.3 Å². The number of pyridine rings is 1. The molecule has 0 amide bonds. The fourth-order valence-corrected chi connectivity index (χ4v) is 1.91. The van der Waals surface area contributed by atoms with E-state index in [0.29, 0.717) is 34.5 Å². The Balaban J connectivity index is 2.02. The first-order valence-electron chi connectivity index (χ1n) is 5.71. The molecule has 0 aliphatic rings. The van der Waals surface area contributed by atoms with Gasteiger partial charge in [0.15, 0.2) is 5.82 Å². The van der Waals surface area contributed by atoms with Crippen LogP contribution in [0.5, 0.6) is 0 Å². The molecule has 96 valence electrons. The predicted octanol–water partition coefficient (Wildman–Crippen LogP) is 2.56. The minimum atomic E-state index is -0.438. The van der Waals surface area contributed by atoms with Crippen LogP contribution in [0.1, 0.15) is 5.69 Å². The van der Waals surface area contributed by atoms with Crippen LogP contribution in [0.3, 0.4) is 0 Å². The lowest BCUT2D eigenvalue weighted by atomic mass is 10.1. The number of rotatable bonds is 3. The second kappa shape index (κ2) is 4.56. The van der Waals surface area contributed by atoms with Gasteiger partial charge < -0.3 is 15.6 Å². The van der Waals surface area contributed by atoms with Crippen molar-refractivity contribution in [1.82, 2.24) is 10.1 Å². The van der Waals surface area contributed by atoms with Crippen LogP contribution in [0.15, 0.2) is 41.2 Å².